The Balaban J connectivity index is 2.19. The quantitative estimate of drug-likeness (QED) is 0.586. The molecule has 2 rings (SSSR count). The molecule has 122 valence electrons. The Labute approximate surface area is 134 Å². The van der Waals surface area contributed by atoms with Gasteiger partial charge in [0, 0.05) is 5.56 Å². The van der Waals surface area contributed by atoms with Crippen LogP contribution in [0.1, 0.15) is 25.3 Å². The zero-order valence-corrected chi connectivity index (χ0v) is 13.0. The summed E-state index contributed by atoms with van der Waals surface area (Å²) in [4.78, 5) is 0. The van der Waals surface area contributed by atoms with Crippen LogP contribution in [0.25, 0.3) is 17.2 Å². The van der Waals surface area contributed by atoms with Gasteiger partial charge >= 0.3 is 0 Å². The Bertz CT molecular complexity index is 663. The number of rotatable bonds is 7. The summed E-state index contributed by atoms with van der Waals surface area (Å²) in [5.74, 6) is -1.97. The molecule has 4 heteroatoms. The summed E-state index contributed by atoms with van der Waals surface area (Å²) in [5, 5.41) is 0. The maximum absolute atomic E-state index is 14.2. The topological polar surface area (TPSA) is 9.23 Å². The van der Waals surface area contributed by atoms with Gasteiger partial charge in [0.2, 0.25) is 5.82 Å². The molecule has 0 aliphatic rings. The van der Waals surface area contributed by atoms with Crippen LogP contribution in [0.4, 0.5) is 13.2 Å². The van der Waals surface area contributed by atoms with Crippen molar-refractivity contribution in [2.75, 3.05) is 13.3 Å². The van der Waals surface area contributed by atoms with E-state index in [-0.39, 0.29) is 24.6 Å². The van der Waals surface area contributed by atoms with Gasteiger partial charge in [-0.15, -0.1) is 0 Å². The number of hydrogen-bond acceptors (Lipinski definition) is 1. The molecule has 0 saturated carbocycles. The van der Waals surface area contributed by atoms with Gasteiger partial charge in [0.25, 0.3) is 0 Å². The Kier molecular flexibility index (Phi) is 6.27. The highest BCUT2D eigenvalue weighted by Crippen LogP contribution is 2.30. The lowest BCUT2D eigenvalue weighted by atomic mass is 10.0. The highest BCUT2D eigenvalue weighted by molar-refractivity contribution is 5.67. The van der Waals surface area contributed by atoms with Gasteiger partial charge in [0.15, 0.2) is 11.6 Å². The molecule has 0 unspecified atom stereocenters. The summed E-state index contributed by atoms with van der Waals surface area (Å²) >= 11 is 0. The maximum atomic E-state index is 14.2. The molecule has 0 fully saturated rings. The SMILES string of the molecule is CCOc1ccc(-c2ccc(C=CCCCF)cc2)c(F)c1F. The van der Waals surface area contributed by atoms with E-state index in [2.05, 4.69) is 0 Å². The normalized spacial score (nSPS) is 11.1. The molecule has 0 heterocycles. The summed E-state index contributed by atoms with van der Waals surface area (Å²) in [6.45, 7) is 1.66. The van der Waals surface area contributed by atoms with Gasteiger partial charge in [0.05, 0.1) is 13.3 Å². The zero-order valence-electron chi connectivity index (χ0n) is 13.0. The van der Waals surface area contributed by atoms with Gasteiger partial charge < -0.3 is 4.74 Å². The van der Waals surface area contributed by atoms with E-state index in [0.29, 0.717) is 18.4 Å². The van der Waals surface area contributed by atoms with Crippen molar-refractivity contribution >= 4 is 6.08 Å². The van der Waals surface area contributed by atoms with Gasteiger partial charge in [-0.25, -0.2) is 4.39 Å². The summed E-state index contributed by atoms with van der Waals surface area (Å²) in [6, 6.07) is 10.0. The van der Waals surface area contributed by atoms with Gasteiger partial charge in [-0.3, -0.25) is 4.39 Å². The smallest absolute Gasteiger partial charge is 0.201 e. The molecule has 0 spiro atoms. The highest BCUT2D eigenvalue weighted by atomic mass is 19.2. The average Bonchev–Trinajstić information content (AvgIpc) is 2.57. The van der Waals surface area contributed by atoms with E-state index in [0.717, 1.165) is 5.56 Å². The molecule has 0 aromatic heterocycles. The number of hydrogen-bond donors (Lipinski definition) is 0. The summed E-state index contributed by atoms with van der Waals surface area (Å²) in [6.07, 6.45) is 4.96. The van der Waals surface area contributed by atoms with Crippen LogP contribution in [0.5, 0.6) is 5.75 Å². The largest absolute Gasteiger partial charge is 0.491 e. The maximum Gasteiger partial charge on any atom is 0.201 e. The second kappa shape index (κ2) is 8.42. The Morgan fingerprint density at radius 1 is 1.00 bits per heavy atom. The molecule has 0 saturated heterocycles. The predicted molar refractivity (Wildman–Crippen MR) is 87.2 cm³/mol. The first-order chi connectivity index (χ1) is 11.2. The third kappa shape index (κ3) is 4.38. The van der Waals surface area contributed by atoms with Crippen molar-refractivity contribution in [2.24, 2.45) is 0 Å². The molecule has 0 atom stereocenters. The summed E-state index contributed by atoms with van der Waals surface area (Å²) in [7, 11) is 0. The number of unbranched alkanes of at least 4 members (excludes halogenated alkanes) is 1. The van der Waals surface area contributed by atoms with Crippen LogP contribution in [0, 0.1) is 11.6 Å². The highest BCUT2D eigenvalue weighted by Gasteiger charge is 2.15. The molecule has 0 aliphatic carbocycles. The number of halogens is 3. The van der Waals surface area contributed by atoms with Crippen molar-refractivity contribution in [1.29, 1.82) is 0 Å². The Hall–Kier alpha value is -2.23. The lowest BCUT2D eigenvalue weighted by molar-refractivity contribution is 0.314. The molecule has 0 bridgehead atoms. The minimum atomic E-state index is -0.973. The molecule has 0 radical (unpaired) electrons. The van der Waals surface area contributed by atoms with Gasteiger partial charge in [-0.05, 0) is 43.0 Å². The number of alkyl halides is 1. The third-order valence-corrected chi connectivity index (χ3v) is 3.38. The van der Waals surface area contributed by atoms with Crippen molar-refractivity contribution in [3.63, 3.8) is 0 Å². The van der Waals surface area contributed by atoms with E-state index in [9.17, 15) is 13.2 Å². The van der Waals surface area contributed by atoms with E-state index in [1.54, 1.807) is 19.1 Å². The molecule has 0 amide bonds. The first-order valence-electron chi connectivity index (χ1n) is 7.61. The van der Waals surface area contributed by atoms with Crippen molar-refractivity contribution in [1.82, 2.24) is 0 Å². The van der Waals surface area contributed by atoms with Crippen molar-refractivity contribution in [3.05, 3.63) is 59.7 Å². The molecule has 0 N–H and O–H groups in total. The monoisotopic (exact) mass is 320 g/mol. The molecule has 2 aromatic rings. The number of allylic oxidation sites excluding steroid dienone is 1. The van der Waals surface area contributed by atoms with Gasteiger partial charge in [0.1, 0.15) is 0 Å². The average molecular weight is 320 g/mol. The van der Waals surface area contributed by atoms with Crippen molar-refractivity contribution in [2.45, 2.75) is 19.8 Å². The Morgan fingerprint density at radius 2 is 1.74 bits per heavy atom. The van der Waals surface area contributed by atoms with E-state index in [1.807, 2.05) is 24.3 Å². The van der Waals surface area contributed by atoms with Crippen molar-refractivity contribution in [3.8, 4) is 16.9 Å². The van der Waals surface area contributed by atoms with Crippen LogP contribution < -0.4 is 4.74 Å². The van der Waals surface area contributed by atoms with Gasteiger partial charge in [-0.2, -0.15) is 4.39 Å². The van der Waals surface area contributed by atoms with Crippen LogP contribution in [0.2, 0.25) is 0 Å². The molecular weight excluding hydrogens is 301 g/mol. The first-order valence-corrected chi connectivity index (χ1v) is 7.61. The van der Waals surface area contributed by atoms with Crippen LogP contribution in [-0.2, 0) is 0 Å². The molecule has 2 aromatic carbocycles. The van der Waals surface area contributed by atoms with Crippen LogP contribution in [0.15, 0.2) is 42.5 Å². The van der Waals surface area contributed by atoms with Crippen LogP contribution in [0.3, 0.4) is 0 Å². The number of benzene rings is 2. The first kappa shape index (κ1) is 17.1. The van der Waals surface area contributed by atoms with Crippen molar-refractivity contribution < 1.29 is 17.9 Å². The molecule has 0 aliphatic heterocycles. The zero-order chi connectivity index (χ0) is 16.7. The van der Waals surface area contributed by atoms with E-state index in [4.69, 9.17) is 4.74 Å². The fourth-order valence-electron chi connectivity index (χ4n) is 2.21. The van der Waals surface area contributed by atoms with Gasteiger partial charge in [-0.1, -0.05) is 36.4 Å². The van der Waals surface area contributed by atoms with E-state index >= 15 is 0 Å². The lowest BCUT2D eigenvalue weighted by Crippen LogP contribution is -1.98. The second-order valence-electron chi connectivity index (χ2n) is 5.03. The standard InChI is InChI=1S/C19H19F3O/c1-2-23-17-12-11-16(18(21)19(17)22)15-9-7-14(8-10-15)6-4-3-5-13-20/h4,6-12H,2-3,5,13H2,1H3. The minimum Gasteiger partial charge on any atom is -0.491 e. The predicted octanol–water partition coefficient (Wildman–Crippen LogP) is 5.79. The molecule has 23 heavy (non-hydrogen) atoms. The summed E-state index contributed by atoms with van der Waals surface area (Å²) in [5.41, 5.74) is 1.71. The van der Waals surface area contributed by atoms with Crippen LogP contribution in [-0.4, -0.2) is 13.3 Å². The van der Waals surface area contributed by atoms with E-state index < -0.39 is 11.6 Å². The van der Waals surface area contributed by atoms with Crippen LogP contribution >= 0.6 is 0 Å². The lowest BCUT2D eigenvalue weighted by Gasteiger charge is -2.09. The van der Waals surface area contributed by atoms with E-state index in [1.165, 1.54) is 12.1 Å². The fraction of sp³-hybridized carbons (Fsp3) is 0.263. The second-order valence-corrected chi connectivity index (χ2v) is 5.03. The fourth-order valence-corrected chi connectivity index (χ4v) is 2.21. The number of ether oxygens (including phenoxy) is 1. The minimum absolute atomic E-state index is 0.0823. The molecular formula is C19H19F3O. The molecule has 1 nitrogen and oxygen atoms in total. The Morgan fingerprint density at radius 3 is 2.39 bits per heavy atom. The third-order valence-electron chi connectivity index (χ3n) is 3.38. The summed E-state index contributed by atoms with van der Waals surface area (Å²) < 4.78 is 45.1.